The third-order valence-electron chi connectivity index (χ3n) is 12.2. The molecular formula is C40H47N7O8S. The molecular weight excluding hydrogens is 739 g/mol. The summed E-state index contributed by atoms with van der Waals surface area (Å²) >= 11 is 0. The maximum Gasteiger partial charge on any atom is 0.318 e. The number of nitrogens with one attached hydrogen (secondary N) is 1. The Morgan fingerprint density at radius 3 is 2.36 bits per heavy atom. The SMILES string of the molecule is CCOc1ncccc1[C@]1(NC(=O)N2CC(N3CCC(N4CCC5(CC4)COC5)CC3)C2)C(=O)N(S(=O)(=O)c2ccc(OC)cc2OC)c2ccc(C#N)cc21. The lowest BCUT2D eigenvalue weighted by Gasteiger charge is -2.51. The lowest BCUT2D eigenvalue weighted by molar-refractivity contribution is -0.144. The number of carbonyl (C=O) groups is 2. The number of amides is 3. The zero-order chi connectivity index (χ0) is 39.2. The molecule has 1 spiro atoms. The smallest absolute Gasteiger partial charge is 0.318 e. The van der Waals surface area contributed by atoms with Gasteiger partial charge in [-0.3, -0.25) is 9.69 Å². The zero-order valence-corrected chi connectivity index (χ0v) is 32.7. The zero-order valence-electron chi connectivity index (χ0n) is 31.9. The lowest BCUT2D eigenvalue weighted by Crippen LogP contribution is -2.67. The number of rotatable bonds is 10. The summed E-state index contributed by atoms with van der Waals surface area (Å²) in [6.07, 6.45) is 6.05. The first kappa shape index (κ1) is 37.9. The number of sulfonamides is 1. The average Bonchev–Trinajstić information content (AvgIpc) is 3.44. The Morgan fingerprint density at radius 2 is 1.71 bits per heavy atom. The highest BCUT2D eigenvalue weighted by Crippen LogP contribution is 2.50. The molecule has 15 nitrogen and oxygen atoms in total. The van der Waals surface area contributed by atoms with Crippen LogP contribution < -0.4 is 23.8 Å². The molecule has 8 rings (SSSR count). The summed E-state index contributed by atoms with van der Waals surface area (Å²) in [4.78, 5) is 40.5. The van der Waals surface area contributed by atoms with Crippen molar-refractivity contribution in [1.29, 1.82) is 5.26 Å². The summed E-state index contributed by atoms with van der Waals surface area (Å²) in [6.45, 7) is 8.75. The van der Waals surface area contributed by atoms with Crippen molar-refractivity contribution in [2.75, 3.05) is 77.6 Å². The van der Waals surface area contributed by atoms with E-state index in [0.29, 0.717) is 34.6 Å². The molecule has 16 heteroatoms. The van der Waals surface area contributed by atoms with Crippen LogP contribution in [-0.2, 0) is 25.1 Å². The number of anilines is 1. The van der Waals surface area contributed by atoms with Gasteiger partial charge in [-0.25, -0.2) is 18.2 Å². The van der Waals surface area contributed by atoms with E-state index >= 15 is 4.79 Å². The Kier molecular flexibility index (Phi) is 10.1. The van der Waals surface area contributed by atoms with E-state index in [-0.39, 0.29) is 51.6 Å². The molecule has 0 bridgehead atoms. The number of urea groups is 1. The number of likely N-dealkylation sites (tertiary alicyclic amines) is 3. The van der Waals surface area contributed by atoms with Crippen molar-refractivity contribution >= 4 is 27.6 Å². The lowest BCUT2D eigenvalue weighted by atomic mass is 9.76. The highest BCUT2D eigenvalue weighted by molar-refractivity contribution is 7.93. The number of ether oxygens (including phenoxy) is 4. The predicted molar refractivity (Wildman–Crippen MR) is 204 cm³/mol. The Morgan fingerprint density at radius 1 is 0.982 bits per heavy atom. The molecule has 1 N–H and O–H groups in total. The number of nitrogens with zero attached hydrogens (tertiary/aromatic N) is 6. The van der Waals surface area contributed by atoms with Gasteiger partial charge in [0.05, 0.1) is 56.9 Å². The topological polar surface area (TPSA) is 167 Å². The maximum atomic E-state index is 15.2. The van der Waals surface area contributed by atoms with Crippen molar-refractivity contribution in [3.05, 3.63) is 71.4 Å². The largest absolute Gasteiger partial charge is 0.497 e. The highest BCUT2D eigenvalue weighted by Gasteiger charge is 2.60. The second-order valence-electron chi connectivity index (χ2n) is 15.3. The van der Waals surface area contributed by atoms with Gasteiger partial charge in [-0.1, -0.05) is 0 Å². The molecule has 6 heterocycles. The van der Waals surface area contributed by atoms with Crippen LogP contribution in [0.4, 0.5) is 10.5 Å². The van der Waals surface area contributed by atoms with Gasteiger partial charge in [-0.15, -0.1) is 0 Å². The van der Waals surface area contributed by atoms with Crippen LogP contribution in [0.5, 0.6) is 17.4 Å². The minimum atomic E-state index is -4.70. The summed E-state index contributed by atoms with van der Waals surface area (Å²) in [5, 5.41) is 13.0. The van der Waals surface area contributed by atoms with E-state index in [2.05, 4.69) is 26.2 Å². The molecule has 4 fully saturated rings. The first-order valence-corrected chi connectivity index (χ1v) is 20.6. The number of carbonyl (C=O) groups excluding carboxylic acids is 2. The van der Waals surface area contributed by atoms with Crippen LogP contribution in [0.1, 0.15) is 49.3 Å². The molecule has 5 aliphatic rings. The van der Waals surface area contributed by atoms with Gasteiger partial charge in [-0.2, -0.15) is 9.57 Å². The van der Waals surface area contributed by atoms with E-state index in [4.69, 9.17) is 18.9 Å². The molecule has 3 amide bonds. The number of hydrogen-bond acceptors (Lipinski definition) is 12. The van der Waals surface area contributed by atoms with E-state index in [9.17, 15) is 18.5 Å². The van der Waals surface area contributed by atoms with Gasteiger partial charge in [0, 0.05) is 61.5 Å². The van der Waals surface area contributed by atoms with Crippen molar-refractivity contribution in [2.45, 2.75) is 55.1 Å². The second kappa shape index (κ2) is 14.8. The first-order chi connectivity index (χ1) is 27.1. The van der Waals surface area contributed by atoms with E-state index in [0.717, 1.165) is 52.2 Å². The van der Waals surface area contributed by atoms with Crippen LogP contribution in [0.25, 0.3) is 0 Å². The highest BCUT2D eigenvalue weighted by atomic mass is 32.2. The molecule has 0 radical (unpaired) electrons. The molecule has 56 heavy (non-hydrogen) atoms. The third kappa shape index (κ3) is 6.30. The van der Waals surface area contributed by atoms with E-state index in [1.165, 1.54) is 69.7 Å². The average molecular weight is 786 g/mol. The van der Waals surface area contributed by atoms with Gasteiger partial charge < -0.3 is 34.1 Å². The predicted octanol–water partition coefficient (Wildman–Crippen LogP) is 3.32. The number of nitriles is 1. The van der Waals surface area contributed by atoms with Crippen LogP contribution in [0.2, 0.25) is 0 Å². The van der Waals surface area contributed by atoms with E-state index < -0.39 is 27.5 Å². The van der Waals surface area contributed by atoms with Crippen LogP contribution >= 0.6 is 0 Å². The van der Waals surface area contributed by atoms with Crippen LogP contribution in [0, 0.1) is 16.7 Å². The molecule has 4 saturated heterocycles. The van der Waals surface area contributed by atoms with Crippen molar-refractivity contribution in [3.63, 3.8) is 0 Å². The molecule has 0 aliphatic carbocycles. The molecule has 1 aromatic heterocycles. The number of piperidine rings is 2. The summed E-state index contributed by atoms with van der Waals surface area (Å²) in [5.74, 6) is -0.653. The Balaban J connectivity index is 1.07. The fourth-order valence-corrected chi connectivity index (χ4v) is 10.5. The van der Waals surface area contributed by atoms with Crippen molar-refractivity contribution in [1.82, 2.24) is 25.0 Å². The quantitative estimate of drug-likeness (QED) is 0.319. The van der Waals surface area contributed by atoms with Gasteiger partial charge in [0.25, 0.3) is 15.9 Å². The second-order valence-corrected chi connectivity index (χ2v) is 17.0. The molecule has 5 aliphatic heterocycles. The van der Waals surface area contributed by atoms with Gasteiger partial charge in [-0.05, 0) is 88.2 Å². The molecule has 296 valence electrons. The normalized spacial score (nSPS) is 22.9. The van der Waals surface area contributed by atoms with E-state index in [1.54, 1.807) is 24.0 Å². The first-order valence-electron chi connectivity index (χ1n) is 19.1. The van der Waals surface area contributed by atoms with Crippen LogP contribution in [-0.4, -0.2) is 125 Å². The monoisotopic (exact) mass is 785 g/mol. The molecule has 2 aromatic carbocycles. The minimum Gasteiger partial charge on any atom is -0.497 e. The fraction of sp³-hybridized carbons (Fsp3) is 0.500. The number of pyridine rings is 1. The Labute approximate surface area is 327 Å². The van der Waals surface area contributed by atoms with Crippen molar-refractivity contribution in [2.24, 2.45) is 5.41 Å². The van der Waals surface area contributed by atoms with Crippen molar-refractivity contribution in [3.8, 4) is 23.4 Å². The van der Waals surface area contributed by atoms with Gasteiger partial charge >= 0.3 is 6.03 Å². The maximum absolute atomic E-state index is 15.2. The molecule has 0 unspecified atom stereocenters. The standard InChI is InChI=1S/C40H47N7O8S/c1-4-55-36-31(6-5-15-42-36)40(43-38(49)46-23-29(24-46)44-16-11-28(12-17-44)45-18-13-39(14-19-45)25-54-26-39)32-20-27(22-41)7-9-33(32)47(37(40)48)56(50,51)35-10-8-30(52-2)21-34(35)53-3/h5-10,15,20-21,28-29H,4,11-14,16-19,23-26H2,1-3H3,(H,43,49)/t40-/m1/s1. The van der Waals surface area contributed by atoms with Crippen LogP contribution in [0.15, 0.2) is 59.6 Å². The number of benzene rings is 2. The number of methoxy groups -OCH3 is 2. The van der Waals surface area contributed by atoms with E-state index in [1.807, 2.05) is 0 Å². The molecule has 3 aromatic rings. The van der Waals surface area contributed by atoms with Gasteiger partial charge in [0.1, 0.15) is 16.4 Å². The Bertz CT molecular complexity index is 2150. The number of fused-ring (bicyclic) bond motifs is 1. The number of aromatic nitrogens is 1. The van der Waals surface area contributed by atoms with Crippen LogP contribution in [0.3, 0.4) is 0 Å². The fourth-order valence-electron chi connectivity index (χ4n) is 8.91. The van der Waals surface area contributed by atoms with Gasteiger partial charge in [0.15, 0.2) is 5.54 Å². The summed E-state index contributed by atoms with van der Waals surface area (Å²) in [7, 11) is -1.94. The summed E-state index contributed by atoms with van der Waals surface area (Å²) in [5.41, 5.74) is -1.39. The third-order valence-corrected chi connectivity index (χ3v) is 14.0. The summed E-state index contributed by atoms with van der Waals surface area (Å²) < 4.78 is 52.2. The molecule has 0 saturated carbocycles. The minimum absolute atomic E-state index is 0.0345. The number of hydrogen-bond donors (Lipinski definition) is 1. The Hall–Kier alpha value is -4.95. The van der Waals surface area contributed by atoms with Crippen molar-refractivity contribution < 1.29 is 37.0 Å². The summed E-state index contributed by atoms with van der Waals surface area (Å²) in [6, 6.07) is 13.8. The van der Waals surface area contributed by atoms with Gasteiger partial charge in [0.2, 0.25) is 5.88 Å². The molecule has 1 atom stereocenters.